The predicted octanol–water partition coefficient (Wildman–Crippen LogP) is 0.985. The van der Waals surface area contributed by atoms with Gasteiger partial charge in [0.1, 0.15) is 13.7 Å². The van der Waals surface area contributed by atoms with Gasteiger partial charge in [-0.2, -0.15) is 4.31 Å². The van der Waals surface area contributed by atoms with E-state index >= 15 is 0 Å². The molecule has 2 aromatic carbocycles. The number of halogens is 1. The Bertz CT molecular complexity index is 951. The van der Waals surface area contributed by atoms with Crippen LogP contribution in [-0.4, -0.2) is 57.5 Å². The minimum atomic E-state index is -3.66. The van der Waals surface area contributed by atoms with Crippen molar-refractivity contribution in [1.82, 2.24) is 9.62 Å². The molecule has 0 saturated heterocycles. The number of hydrogen-bond donors (Lipinski definition) is 2. The molecule has 8 heteroatoms. The zero-order chi connectivity index (χ0) is 21.8. The summed E-state index contributed by atoms with van der Waals surface area (Å²) in [5, 5.41) is 13.6. The van der Waals surface area contributed by atoms with Gasteiger partial charge >= 0.3 is 0 Å². The number of sulfonamides is 1. The first-order chi connectivity index (χ1) is 13.4. The van der Waals surface area contributed by atoms with Gasteiger partial charge in [-0.1, -0.05) is 29.7 Å². The molecule has 0 aliphatic rings. The zero-order valence-electron chi connectivity index (χ0n) is 17.7. The van der Waals surface area contributed by atoms with Crippen LogP contribution in [0.2, 0.25) is 0 Å². The molecule has 0 bridgehead atoms. The number of aliphatic hydroxyl groups is 1. The van der Waals surface area contributed by atoms with Gasteiger partial charge in [-0.3, -0.25) is 0 Å². The highest BCUT2D eigenvalue weighted by molar-refractivity contribution is 7.89. The Balaban J connectivity index is 1.93. The lowest BCUT2D eigenvalue weighted by Crippen LogP contribution is -2.47. The first kappa shape index (κ1) is 23.5. The van der Waals surface area contributed by atoms with Crippen molar-refractivity contribution in [3.63, 3.8) is 0 Å². The Kier molecular flexibility index (Phi) is 7.62. The van der Waals surface area contributed by atoms with Crippen molar-refractivity contribution in [2.75, 3.05) is 20.1 Å². The van der Waals surface area contributed by atoms with Crippen LogP contribution in [0.15, 0.2) is 47.4 Å². The number of aliphatic hydroxyl groups excluding tert-OH is 1. The maximum absolute atomic E-state index is 13.8. The van der Waals surface area contributed by atoms with Gasteiger partial charge in [-0.15, -0.1) is 0 Å². The molecule has 0 spiro atoms. The largest absolute Gasteiger partial charge is 0.390 e. The molecule has 158 valence electrons. The quantitative estimate of drug-likeness (QED) is 0.594. The number of hydrogen-bond acceptors (Lipinski definition) is 4. The van der Waals surface area contributed by atoms with E-state index in [2.05, 4.69) is 5.32 Å². The van der Waals surface area contributed by atoms with E-state index in [0.717, 1.165) is 15.3 Å². The van der Waals surface area contributed by atoms with Gasteiger partial charge in [-0.05, 0) is 56.5 Å². The molecule has 5 nitrogen and oxygen atoms in total. The van der Waals surface area contributed by atoms with Crippen LogP contribution < -0.4 is 10.8 Å². The van der Waals surface area contributed by atoms with Crippen molar-refractivity contribution in [1.29, 1.82) is 0 Å². The zero-order valence-corrected chi connectivity index (χ0v) is 18.6. The highest BCUT2D eigenvalue weighted by atomic mass is 32.2. The standard InChI is InChI=1S/C21H30BFN2O3S/c1-15-8-9-16(10-20(15)23)12-21(2,3)24-13-18(26)14-25(4)29(27,28)19-7-5-6-17(22)11-19/h5-11,18,24,26H,12-14,22H2,1-4H3. The molecule has 2 N–H and O–H groups in total. The molecule has 0 aliphatic carbocycles. The van der Waals surface area contributed by atoms with E-state index in [9.17, 15) is 17.9 Å². The third-order valence-electron chi connectivity index (χ3n) is 4.86. The Morgan fingerprint density at radius 1 is 1.24 bits per heavy atom. The van der Waals surface area contributed by atoms with Crippen LogP contribution in [0.25, 0.3) is 0 Å². The molecular weight excluding hydrogens is 390 g/mol. The van der Waals surface area contributed by atoms with Gasteiger partial charge in [0, 0.05) is 25.7 Å². The van der Waals surface area contributed by atoms with Gasteiger partial charge in [0.2, 0.25) is 10.0 Å². The average Bonchev–Trinajstić information content (AvgIpc) is 2.63. The Labute approximate surface area is 174 Å². The number of rotatable bonds is 9. The maximum atomic E-state index is 13.8. The van der Waals surface area contributed by atoms with Gasteiger partial charge in [-0.25, -0.2) is 12.8 Å². The number of aryl methyl sites for hydroxylation is 1. The monoisotopic (exact) mass is 420 g/mol. The summed E-state index contributed by atoms with van der Waals surface area (Å²) in [6.45, 7) is 5.84. The predicted molar refractivity (Wildman–Crippen MR) is 117 cm³/mol. The summed E-state index contributed by atoms with van der Waals surface area (Å²) >= 11 is 0. The number of likely N-dealkylation sites (N-methyl/N-ethyl adjacent to an activating group) is 1. The molecule has 0 aromatic heterocycles. The van der Waals surface area contributed by atoms with E-state index in [4.69, 9.17) is 0 Å². The van der Waals surface area contributed by atoms with Crippen LogP contribution in [0.4, 0.5) is 4.39 Å². The van der Waals surface area contributed by atoms with E-state index in [-0.39, 0.29) is 23.8 Å². The molecule has 1 atom stereocenters. The molecule has 0 saturated carbocycles. The lowest BCUT2D eigenvalue weighted by molar-refractivity contribution is 0.139. The number of nitrogens with zero attached hydrogens (tertiary/aromatic N) is 1. The van der Waals surface area contributed by atoms with Crippen molar-refractivity contribution < 1.29 is 17.9 Å². The normalized spacial score (nSPS) is 13.6. The summed E-state index contributed by atoms with van der Waals surface area (Å²) < 4.78 is 40.3. The first-order valence-corrected chi connectivity index (χ1v) is 11.1. The molecule has 0 fully saturated rings. The highest BCUT2D eigenvalue weighted by Gasteiger charge is 2.25. The molecule has 0 radical (unpaired) electrons. The summed E-state index contributed by atoms with van der Waals surface area (Å²) in [4.78, 5) is 0.210. The lowest BCUT2D eigenvalue weighted by atomic mass is 9.94. The first-order valence-electron chi connectivity index (χ1n) is 9.62. The van der Waals surface area contributed by atoms with E-state index < -0.39 is 21.7 Å². The van der Waals surface area contributed by atoms with Gasteiger partial charge in [0.25, 0.3) is 0 Å². The minimum Gasteiger partial charge on any atom is -0.390 e. The fraction of sp³-hybridized carbons (Fsp3) is 0.429. The average molecular weight is 420 g/mol. The Morgan fingerprint density at radius 2 is 1.93 bits per heavy atom. The van der Waals surface area contributed by atoms with Crippen molar-refractivity contribution in [2.24, 2.45) is 0 Å². The van der Waals surface area contributed by atoms with Gasteiger partial charge in [0.05, 0.1) is 11.0 Å². The van der Waals surface area contributed by atoms with Crippen LogP contribution in [0, 0.1) is 12.7 Å². The Morgan fingerprint density at radius 3 is 2.55 bits per heavy atom. The summed E-state index contributed by atoms with van der Waals surface area (Å²) in [5.41, 5.74) is 1.93. The molecular formula is C21H30BFN2O3S. The number of benzene rings is 2. The van der Waals surface area contributed by atoms with Gasteiger partial charge in [0.15, 0.2) is 0 Å². The third-order valence-corrected chi connectivity index (χ3v) is 6.68. The number of β-amino-alcohol motifs (C(OH)–C–C–N with tert-alkyl or cyclic N) is 1. The van der Waals surface area contributed by atoms with Crippen molar-refractivity contribution in [3.05, 3.63) is 59.4 Å². The fourth-order valence-electron chi connectivity index (χ4n) is 3.13. The summed E-state index contributed by atoms with van der Waals surface area (Å²) in [6, 6.07) is 11.9. The van der Waals surface area contributed by atoms with Gasteiger partial charge < -0.3 is 10.4 Å². The van der Waals surface area contributed by atoms with E-state index in [1.54, 1.807) is 31.2 Å². The molecule has 0 amide bonds. The second-order valence-electron chi connectivity index (χ2n) is 8.28. The summed E-state index contributed by atoms with van der Waals surface area (Å²) in [7, 11) is -0.371. The topological polar surface area (TPSA) is 69.6 Å². The van der Waals surface area contributed by atoms with Crippen molar-refractivity contribution >= 4 is 23.3 Å². The molecule has 2 aromatic rings. The molecule has 1 unspecified atom stereocenters. The fourth-order valence-corrected chi connectivity index (χ4v) is 4.44. The smallest absolute Gasteiger partial charge is 0.242 e. The van der Waals surface area contributed by atoms with E-state index in [1.165, 1.54) is 13.1 Å². The Hall–Kier alpha value is -1.74. The molecule has 0 aliphatic heterocycles. The minimum absolute atomic E-state index is 0.0293. The van der Waals surface area contributed by atoms with Crippen molar-refractivity contribution in [2.45, 2.75) is 43.7 Å². The second kappa shape index (κ2) is 9.39. The van der Waals surface area contributed by atoms with Crippen molar-refractivity contribution in [3.8, 4) is 0 Å². The lowest BCUT2D eigenvalue weighted by Gasteiger charge is -2.29. The van der Waals surface area contributed by atoms with Crippen LogP contribution in [0.1, 0.15) is 25.0 Å². The number of nitrogens with one attached hydrogen (secondary N) is 1. The van der Waals surface area contributed by atoms with Crippen LogP contribution in [-0.2, 0) is 16.4 Å². The molecule has 2 rings (SSSR count). The third kappa shape index (κ3) is 6.64. The summed E-state index contributed by atoms with van der Waals surface area (Å²) in [5.74, 6) is -0.235. The SMILES string of the molecule is Bc1cccc(S(=O)(=O)N(C)CC(O)CNC(C)(C)Cc2ccc(C)c(F)c2)c1. The van der Waals surface area contributed by atoms with E-state index in [1.807, 2.05) is 33.8 Å². The molecule has 0 heterocycles. The van der Waals surface area contributed by atoms with Crippen LogP contribution in [0.5, 0.6) is 0 Å². The van der Waals surface area contributed by atoms with E-state index in [0.29, 0.717) is 12.0 Å². The second-order valence-corrected chi connectivity index (χ2v) is 10.3. The highest BCUT2D eigenvalue weighted by Crippen LogP contribution is 2.17. The maximum Gasteiger partial charge on any atom is 0.242 e. The molecule has 29 heavy (non-hydrogen) atoms. The van der Waals surface area contributed by atoms with Crippen LogP contribution in [0.3, 0.4) is 0 Å². The summed E-state index contributed by atoms with van der Waals surface area (Å²) in [6.07, 6.45) is -0.303. The van der Waals surface area contributed by atoms with Crippen LogP contribution >= 0.6 is 0 Å².